The molecule has 5 rings (SSSR count). The van der Waals surface area contributed by atoms with E-state index in [-0.39, 0.29) is 17.5 Å². The summed E-state index contributed by atoms with van der Waals surface area (Å²) < 4.78 is 32.9. The summed E-state index contributed by atoms with van der Waals surface area (Å²) in [6.07, 6.45) is 1.28. The van der Waals surface area contributed by atoms with Gasteiger partial charge >= 0.3 is 6.09 Å². The summed E-state index contributed by atoms with van der Waals surface area (Å²) in [5.41, 5.74) is 0.982. The molecular formula is C28H33FN6O4. The van der Waals surface area contributed by atoms with Crippen LogP contribution in [0.15, 0.2) is 36.4 Å². The van der Waals surface area contributed by atoms with E-state index in [1.54, 1.807) is 41.8 Å². The second-order valence-electron chi connectivity index (χ2n) is 10.6. The normalized spacial score (nSPS) is 15.9. The Morgan fingerprint density at radius 1 is 1.15 bits per heavy atom. The molecule has 0 spiro atoms. The van der Waals surface area contributed by atoms with Crippen molar-refractivity contribution in [3.63, 3.8) is 0 Å². The lowest BCUT2D eigenvalue weighted by molar-refractivity contribution is 0.0196. The number of methoxy groups -OCH3 is 2. The number of piperidine rings is 1. The van der Waals surface area contributed by atoms with Gasteiger partial charge in [-0.1, -0.05) is 6.07 Å². The van der Waals surface area contributed by atoms with Gasteiger partial charge in [-0.15, -0.1) is 5.10 Å². The number of para-hydroxylation sites is 1. The molecule has 1 aliphatic rings. The smallest absolute Gasteiger partial charge is 0.410 e. The second-order valence-corrected chi connectivity index (χ2v) is 10.6. The first-order chi connectivity index (χ1) is 18.7. The highest BCUT2D eigenvalue weighted by molar-refractivity contribution is 5.92. The molecule has 3 heterocycles. The van der Waals surface area contributed by atoms with E-state index in [4.69, 9.17) is 24.3 Å². The molecule has 206 valence electrons. The first kappa shape index (κ1) is 26.5. The van der Waals surface area contributed by atoms with Gasteiger partial charge in [0.05, 0.1) is 14.2 Å². The molecule has 2 aromatic heterocycles. The van der Waals surface area contributed by atoms with Gasteiger partial charge in [0.2, 0.25) is 5.95 Å². The van der Waals surface area contributed by atoms with Crippen LogP contribution < -0.4 is 14.8 Å². The minimum absolute atomic E-state index is 0.0932. The third-order valence-electron chi connectivity index (χ3n) is 6.64. The summed E-state index contributed by atoms with van der Waals surface area (Å²) in [6, 6.07) is 10.3. The summed E-state index contributed by atoms with van der Waals surface area (Å²) in [6.45, 7) is 6.96. The molecule has 0 radical (unpaired) electrons. The van der Waals surface area contributed by atoms with E-state index in [0.717, 1.165) is 18.4 Å². The SMILES string of the molecule is COc1ccc(CNc2nc3c(F)cccc3c3nc(C4CCCN(C(=O)OC(C)(C)C)C4)nn23)c(OC)c1. The Bertz CT molecular complexity index is 1520. The van der Waals surface area contributed by atoms with E-state index in [0.29, 0.717) is 53.9 Å². The first-order valence-corrected chi connectivity index (χ1v) is 12.9. The summed E-state index contributed by atoms with van der Waals surface area (Å²) in [7, 11) is 3.19. The molecule has 1 atom stereocenters. The van der Waals surface area contributed by atoms with Gasteiger partial charge in [0, 0.05) is 42.6 Å². The zero-order valence-corrected chi connectivity index (χ0v) is 22.8. The number of rotatable bonds is 6. The van der Waals surface area contributed by atoms with Crippen LogP contribution in [0.5, 0.6) is 11.5 Å². The Morgan fingerprint density at radius 2 is 1.97 bits per heavy atom. The summed E-state index contributed by atoms with van der Waals surface area (Å²) in [5.74, 6) is 1.71. The minimum Gasteiger partial charge on any atom is -0.497 e. The van der Waals surface area contributed by atoms with E-state index < -0.39 is 11.4 Å². The number of anilines is 1. The van der Waals surface area contributed by atoms with Gasteiger partial charge in [0.1, 0.15) is 28.4 Å². The largest absolute Gasteiger partial charge is 0.497 e. The van der Waals surface area contributed by atoms with Gasteiger partial charge in [-0.3, -0.25) is 0 Å². The van der Waals surface area contributed by atoms with Crippen LogP contribution in [-0.2, 0) is 11.3 Å². The quantitative estimate of drug-likeness (QED) is 0.361. The molecule has 0 bridgehead atoms. The maximum atomic E-state index is 14.9. The fraction of sp³-hybridized carbons (Fsp3) is 0.429. The van der Waals surface area contributed by atoms with Gasteiger partial charge in [-0.2, -0.15) is 4.52 Å². The number of halogens is 1. The predicted octanol–water partition coefficient (Wildman–Crippen LogP) is 5.16. The van der Waals surface area contributed by atoms with Gasteiger partial charge in [0.15, 0.2) is 11.5 Å². The number of nitrogens with zero attached hydrogens (tertiary/aromatic N) is 5. The number of fused-ring (bicyclic) bond motifs is 3. The van der Waals surface area contributed by atoms with Crippen molar-refractivity contribution in [1.82, 2.24) is 24.5 Å². The second kappa shape index (κ2) is 10.5. The van der Waals surface area contributed by atoms with Crippen LogP contribution in [0.25, 0.3) is 16.6 Å². The number of hydrogen-bond acceptors (Lipinski definition) is 8. The number of hydrogen-bond donors (Lipinski definition) is 1. The highest BCUT2D eigenvalue weighted by Crippen LogP contribution is 2.30. The molecule has 1 unspecified atom stereocenters. The van der Waals surface area contributed by atoms with Crippen molar-refractivity contribution in [2.75, 3.05) is 32.6 Å². The number of benzene rings is 2. The van der Waals surface area contributed by atoms with Crippen molar-refractivity contribution < 1.29 is 23.4 Å². The third kappa shape index (κ3) is 5.52. The molecule has 1 N–H and O–H groups in total. The lowest BCUT2D eigenvalue weighted by Crippen LogP contribution is -2.42. The predicted molar refractivity (Wildman–Crippen MR) is 145 cm³/mol. The average molecular weight is 537 g/mol. The topological polar surface area (TPSA) is 103 Å². The lowest BCUT2D eigenvalue weighted by atomic mass is 9.98. The molecule has 11 heteroatoms. The number of likely N-dealkylation sites (tertiary alicyclic amines) is 1. The monoisotopic (exact) mass is 536 g/mol. The van der Waals surface area contributed by atoms with E-state index in [2.05, 4.69) is 10.3 Å². The van der Waals surface area contributed by atoms with E-state index in [9.17, 15) is 9.18 Å². The Morgan fingerprint density at radius 3 is 2.72 bits per heavy atom. The minimum atomic E-state index is -0.576. The first-order valence-electron chi connectivity index (χ1n) is 12.9. The van der Waals surface area contributed by atoms with Crippen molar-refractivity contribution in [2.24, 2.45) is 0 Å². The van der Waals surface area contributed by atoms with Gasteiger partial charge in [0.25, 0.3) is 0 Å². The molecule has 0 saturated carbocycles. The molecule has 4 aromatic rings. The van der Waals surface area contributed by atoms with Crippen LogP contribution in [0.4, 0.5) is 15.1 Å². The fourth-order valence-corrected chi connectivity index (χ4v) is 4.75. The van der Waals surface area contributed by atoms with Crippen LogP contribution in [-0.4, -0.2) is 63.5 Å². The van der Waals surface area contributed by atoms with Crippen LogP contribution in [0, 0.1) is 5.82 Å². The standard InChI is InChI=1S/C28H33FN6O4/c1-28(2,3)39-27(36)34-13-7-8-18(16-34)24-32-25-20-9-6-10-21(29)23(20)31-26(35(25)33-24)30-15-17-11-12-19(37-4)14-22(17)38-5/h6,9-12,14,18H,7-8,13,15-16H2,1-5H3,(H,30,31). The summed E-state index contributed by atoms with van der Waals surface area (Å²) >= 11 is 0. The maximum absolute atomic E-state index is 14.9. The Labute approximate surface area is 226 Å². The highest BCUT2D eigenvalue weighted by Gasteiger charge is 2.31. The van der Waals surface area contributed by atoms with Crippen molar-refractivity contribution in [2.45, 2.75) is 51.7 Å². The molecule has 1 aliphatic heterocycles. The van der Waals surface area contributed by atoms with E-state index >= 15 is 0 Å². The maximum Gasteiger partial charge on any atom is 0.410 e. The molecule has 39 heavy (non-hydrogen) atoms. The molecule has 1 fully saturated rings. The number of ether oxygens (including phenoxy) is 3. The molecule has 2 aromatic carbocycles. The van der Waals surface area contributed by atoms with Gasteiger partial charge < -0.3 is 24.4 Å². The van der Waals surface area contributed by atoms with E-state index in [1.807, 2.05) is 32.9 Å². The molecule has 10 nitrogen and oxygen atoms in total. The van der Waals surface area contributed by atoms with Crippen molar-refractivity contribution >= 4 is 28.6 Å². The average Bonchev–Trinajstić information content (AvgIpc) is 3.37. The number of carbonyl (C=O) groups excluding carboxylic acids is 1. The molecule has 0 aliphatic carbocycles. The van der Waals surface area contributed by atoms with Crippen LogP contribution in [0.2, 0.25) is 0 Å². The highest BCUT2D eigenvalue weighted by atomic mass is 19.1. The zero-order valence-electron chi connectivity index (χ0n) is 22.8. The van der Waals surface area contributed by atoms with Gasteiger partial charge in [-0.05, 0) is 57.9 Å². The summed E-state index contributed by atoms with van der Waals surface area (Å²) in [4.78, 5) is 23.8. The van der Waals surface area contributed by atoms with Crippen LogP contribution in [0.3, 0.4) is 0 Å². The number of amides is 1. The van der Waals surface area contributed by atoms with Gasteiger partial charge in [-0.25, -0.2) is 19.2 Å². The Hall–Kier alpha value is -4.15. The molecular weight excluding hydrogens is 503 g/mol. The Balaban J connectivity index is 1.49. The Kier molecular flexibility index (Phi) is 7.16. The van der Waals surface area contributed by atoms with Crippen LogP contribution in [0.1, 0.15) is 50.9 Å². The summed E-state index contributed by atoms with van der Waals surface area (Å²) in [5, 5.41) is 8.63. The van der Waals surface area contributed by atoms with Crippen LogP contribution >= 0.6 is 0 Å². The van der Waals surface area contributed by atoms with Crippen molar-refractivity contribution in [1.29, 1.82) is 0 Å². The van der Waals surface area contributed by atoms with E-state index in [1.165, 1.54) is 6.07 Å². The van der Waals surface area contributed by atoms with Crippen molar-refractivity contribution in [3.8, 4) is 11.5 Å². The zero-order chi connectivity index (χ0) is 27.7. The number of carbonyl (C=O) groups is 1. The van der Waals surface area contributed by atoms with Crippen molar-refractivity contribution in [3.05, 3.63) is 53.6 Å². The molecule has 1 saturated heterocycles. The number of aromatic nitrogens is 4. The number of nitrogens with one attached hydrogen (secondary N) is 1. The third-order valence-corrected chi connectivity index (χ3v) is 6.64. The fourth-order valence-electron chi connectivity index (χ4n) is 4.75. The lowest BCUT2D eigenvalue weighted by Gasteiger charge is -2.33. The molecule has 1 amide bonds.